The Hall–Kier alpha value is -0.330. The fourth-order valence-corrected chi connectivity index (χ4v) is 1.53. The van der Waals surface area contributed by atoms with Gasteiger partial charge >= 0.3 is 0 Å². The minimum absolute atomic E-state index is 0.207. The standard InChI is InChI=1S/C8H12ClO4P/c1-3-4-5-6(2)7(10)8(9)14(11,12)13/h6,8H,5H2,1-2H3,(H2,11,12,13)/p-2. The van der Waals surface area contributed by atoms with Gasteiger partial charge in [-0.1, -0.05) is 6.92 Å². The first-order chi connectivity index (χ1) is 6.30. The lowest BCUT2D eigenvalue weighted by atomic mass is 10.0. The Balaban J connectivity index is 4.45. The van der Waals surface area contributed by atoms with Gasteiger partial charge in [0.05, 0.1) is 0 Å². The topological polar surface area (TPSA) is 80.3 Å². The third-order valence-electron chi connectivity index (χ3n) is 1.58. The number of hydrogen-bond donors (Lipinski definition) is 0. The quantitative estimate of drug-likeness (QED) is 0.393. The van der Waals surface area contributed by atoms with E-state index in [1.54, 1.807) is 6.92 Å². The van der Waals surface area contributed by atoms with Crippen molar-refractivity contribution in [1.82, 2.24) is 0 Å². The predicted molar refractivity (Wildman–Crippen MR) is 49.5 cm³/mol. The molecule has 0 fully saturated rings. The van der Waals surface area contributed by atoms with Gasteiger partial charge in [0.25, 0.3) is 0 Å². The number of carbonyl (C=O) groups excluding carboxylic acids is 1. The van der Waals surface area contributed by atoms with Crippen molar-refractivity contribution in [2.45, 2.75) is 25.4 Å². The van der Waals surface area contributed by atoms with Crippen molar-refractivity contribution in [3.05, 3.63) is 0 Å². The number of ketones is 1. The van der Waals surface area contributed by atoms with Gasteiger partial charge in [-0.15, -0.1) is 23.4 Å². The van der Waals surface area contributed by atoms with Crippen molar-refractivity contribution in [3.63, 3.8) is 0 Å². The van der Waals surface area contributed by atoms with Crippen LogP contribution in [0.2, 0.25) is 0 Å². The summed E-state index contributed by atoms with van der Waals surface area (Å²) < 4.78 is 10.4. The molecule has 0 N–H and O–H groups in total. The minimum Gasteiger partial charge on any atom is -0.809 e. The van der Waals surface area contributed by atoms with Crippen LogP contribution in [0.1, 0.15) is 20.3 Å². The molecule has 0 heterocycles. The maximum absolute atomic E-state index is 11.2. The second-order valence-electron chi connectivity index (χ2n) is 2.81. The summed E-state index contributed by atoms with van der Waals surface area (Å²) in [6, 6.07) is 0. The van der Waals surface area contributed by atoms with Crippen molar-refractivity contribution in [2.24, 2.45) is 5.92 Å². The third kappa shape index (κ3) is 4.26. The van der Waals surface area contributed by atoms with E-state index in [2.05, 4.69) is 11.8 Å². The molecule has 0 aromatic rings. The molecular weight excluding hydrogens is 227 g/mol. The molecule has 0 aromatic carbocycles. The van der Waals surface area contributed by atoms with Gasteiger partial charge < -0.3 is 14.4 Å². The molecule has 2 unspecified atom stereocenters. The van der Waals surface area contributed by atoms with Crippen molar-refractivity contribution in [1.29, 1.82) is 0 Å². The Bertz CT molecular complexity index is 311. The predicted octanol–water partition coefficient (Wildman–Crippen LogP) is 0.0836. The fraction of sp³-hybridized carbons (Fsp3) is 0.625. The summed E-state index contributed by atoms with van der Waals surface area (Å²) in [5.74, 6) is 3.75. The zero-order chi connectivity index (χ0) is 11.4. The van der Waals surface area contributed by atoms with Crippen molar-refractivity contribution in [2.75, 3.05) is 0 Å². The lowest BCUT2D eigenvalue weighted by Crippen LogP contribution is -2.31. The van der Waals surface area contributed by atoms with E-state index >= 15 is 0 Å². The average molecular weight is 237 g/mol. The number of Topliss-reactive ketones (excluding diaryl/α,β-unsaturated/α-hetero) is 1. The molecule has 14 heavy (non-hydrogen) atoms. The van der Waals surface area contributed by atoms with Crippen LogP contribution in [0.3, 0.4) is 0 Å². The fourth-order valence-electron chi connectivity index (χ4n) is 0.746. The van der Waals surface area contributed by atoms with Crippen LogP contribution >= 0.6 is 19.2 Å². The van der Waals surface area contributed by atoms with E-state index in [-0.39, 0.29) is 6.42 Å². The molecular formula is C8H10ClO4P-2. The van der Waals surface area contributed by atoms with Crippen LogP contribution in [0.15, 0.2) is 0 Å². The Labute approximate surface area is 87.8 Å². The first-order valence-electron chi connectivity index (χ1n) is 3.89. The maximum atomic E-state index is 11.2. The van der Waals surface area contributed by atoms with E-state index in [1.165, 1.54) is 6.92 Å². The van der Waals surface area contributed by atoms with Crippen molar-refractivity contribution in [3.8, 4) is 11.8 Å². The summed E-state index contributed by atoms with van der Waals surface area (Å²) in [7, 11) is -5.03. The SMILES string of the molecule is CC#CCC(C)C(=O)C(Cl)P(=O)([O-])[O-]. The molecule has 0 aromatic heterocycles. The lowest BCUT2D eigenvalue weighted by molar-refractivity contribution is -0.313. The summed E-state index contributed by atoms with van der Waals surface area (Å²) in [4.78, 5) is 32.1. The first-order valence-corrected chi connectivity index (χ1v) is 5.94. The number of rotatable bonds is 4. The second kappa shape index (κ2) is 5.53. The van der Waals surface area contributed by atoms with Gasteiger partial charge in [0.1, 0.15) is 5.12 Å². The smallest absolute Gasteiger partial charge is 0.159 e. The second-order valence-corrected chi connectivity index (χ2v) is 5.15. The van der Waals surface area contributed by atoms with Crippen LogP contribution in [0.5, 0.6) is 0 Å². The van der Waals surface area contributed by atoms with Gasteiger partial charge in [-0.3, -0.25) is 4.79 Å². The highest BCUT2D eigenvalue weighted by molar-refractivity contribution is 7.53. The zero-order valence-electron chi connectivity index (χ0n) is 7.82. The van der Waals surface area contributed by atoms with Crippen LogP contribution in [0.4, 0.5) is 0 Å². The molecule has 2 atom stereocenters. The van der Waals surface area contributed by atoms with E-state index in [4.69, 9.17) is 11.6 Å². The Morgan fingerprint density at radius 1 is 1.57 bits per heavy atom. The van der Waals surface area contributed by atoms with Gasteiger partial charge in [0.2, 0.25) is 0 Å². The molecule has 0 spiro atoms. The number of carbonyl (C=O) groups is 1. The monoisotopic (exact) mass is 236 g/mol. The first kappa shape index (κ1) is 13.7. The molecule has 0 aliphatic rings. The summed E-state index contributed by atoms with van der Waals surface area (Å²) in [5.41, 5.74) is 0. The molecule has 0 rings (SSSR count). The van der Waals surface area contributed by atoms with E-state index < -0.39 is 24.4 Å². The van der Waals surface area contributed by atoms with Crippen LogP contribution in [0, 0.1) is 17.8 Å². The largest absolute Gasteiger partial charge is 0.809 e. The Morgan fingerprint density at radius 3 is 2.43 bits per heavy atom. The van der Waals surface area contributed by atoms with E-state index in [0.29, 0.717) is 0 Å². The lowest BCUT2D eigenvalue weighted by Gasteiger charge is -2.34. The third-order valence-corrected chi connectivity index (χ3v) is 3.33. The van der Waals surface area contributed by atoms with E-state index in [1.807, 2.05) is 0 Å². The molecule has 0 aliphatic carbocycles. The van der Waals surface area contributed by atoms with Gasteiger partial charge in [-0.25, -0.2) is 0 Å². The minimum atomic E-state index is -5.03. The molecule has 0 saturated carbocycles. The summed E-state index contributed by atoms with van der Waals surface area (Å²) >= 11 is 5.20. The molecule has 0 amide bonds. The summed E-state index contributed by atoms with van der Waals surface area (Å²) in [5, 5.41) is -1.98. The highest BCUT2D eigenvalue weighted by atomic mass is 35.5. The van der Waals surface area contributed by atoms with Gasteiger partial charge in [-0.2, -0.15) is 0 Å². The van der Waals surface area contributed by atoms with Crippen molar-refractivity contribution < 1.29 is 19.1 Å². The van der Waals surface area contributed by atoms with E-state index in [9.17, 15) is 19.1 Å². The highest BCUT2D eigenvalue weighted by Gasteiger charge is 2.23. The van der Waals surface area contributed by atoms with Crippen LogP contribution in [-0.4, -0.2) is 10.9 Å². The molecule has 0 radical (unpaired) electrons. The highest BCUT2D eigenvalue weighted by Crippen LogP contribution is 2.36. The van der Waals surface area contributed by atoms with Crippen LogP contribution in [-0.2, 0) is 9.36 Å². The Kier molecular flexibility index (Phi) is 5.40. The molecule has 0 bridgehead atoms. The number of alkyl halides is 1. The maximum Gasteiger partial charge on any atom is 0.159 e. The molecule has 80 valence electrons. The number of halogens is 1. The summed E-state index contributed by atoms with van der Waals surface area (Å²) in [6.07, 6.45) is 0.207. The normalized spacial score (nSPS) is 15.2. The molecule has 6 heteroatoms. The molecule has 4 nitrogen and oxygen atoms in total. The average Bonchev–Trinajstić information content (AvgIpc) is 2.10. The summed E-state index contributed by atoms with van der Waals surface area (Å²) in [6.45, 7) is 3.08. The molecule has 0 saturated heterocycles. The van der Waals surface area contributed by atoms with Gasteiger partial charge in [0.15, 0.2) is 5.78 Å². The van der Waals surface area contributed by atoms with Crippen molar-refractivity contribution >= 4 is 25.0 Å². The molecule has 0 aliphatic heterocycles. The van der Waals surface area contributed by atoms with Gasteiger partial charge in [-0.05, 0) is 14.5 Å². The number of hydrogen-bond acceptors (Lipinski definition) is 4. The van der Waals surface area contributed by atoms with E-state index in [0.717, 1.165) is 0 Å². The van der Waals surface area contributed by atoms with Crippen LogP contribution in [0.25, 0.3) is 0 Å². The zero-order valence-corrected chi connectivity index (χ0v) is 9.47. The Morgan fingerprint density at radius 2 is 2.07 bits per heavy atom. The van der Waals surface area contributed by atoms with Crippen LogP contribution < -0.4 is 9.79 Å². The van der Waals surface area contributed by atoms with Gasteiger partial charge in [0, 0.05) is 12.3 Å².